The Morgan fingerprint density at radius 1 is 1.21 bits per heavy atom. The molecule has 0 fully saturated rings. The third-order valence-electron chi connectivity index (χ3n) is 4.47. The smallest absolute Gasteiger partial charge is 0.205 e. The van der Waals surface area contributed by atoms with Crippen LogP contribution in [-0.2, 0) is 4.74 Å². The lowest BCUT2D eigenvalue weighted by Crippen LogP contribution is -2.23. The van der Waals surface area contributed by atoms with Crippen molar-refractivity contribution in [2.75, 3.05) is 0 Å². The van der Waals surface area contributed by atoms with Gasteiger partial charge in [-0.2, -0.15) is 27.9 Å². The number of nitriles is 1. The fraction of sp³-hybridized carbons (Fsp3) is 0.211. The Kier molecular flexibility index (Phi) is 4.01. The molecular formula is C19H16N2OS2. The molecule has 0 unspecified atom stereocenters. The summed E-state index contributed by atoms with van der Waals surface area (Å²) in [6, 6.07) is 6.45. The van der Waals surface area contributed by atoms with Crippen LogP contribution < -0.4 is 5.73 Å². The van der Waals surface area contributed by atoms with Gasteiger partial charge in [0.2, 0.25) is 5.88 Å². The quantitative estimate of drug-likeness (QED) is 0.814. The summed E-state index contributed by atoms with van der Waals surface area (Å²) in [6.45, 7) is 0. The van der Waals surface area contributed by atoms with Crippen molar-refractivity contribution >= 4 is 28.7 Å². The lowest BCUT2D eigenvalue weighted by molar-refractivity contribution is 0.277. The molecule has 1 aliphatic carbocycles. The number of hydrogen-bond donors (Lipinski definition) is 1. The SMILES string of the molecule is N#CC1=C(N)OC2=C(CCC/C2=C/c2ccsc2)[C@@H]1c1ccsc1. The first-order valence-corrected chi connectivity index (χ1v) is 9.72. The van der Waals surface area contributed by atoms with Gasteiger partial charge in [0.1, 0.15) is 17.4 Å². The van der Waals surface area contributed by atoms with Gasteiger partial charge in [-0.3, -0.25) is 0 Å². The zero-order valence-electron chi connectivity index (χ0n) is 13.0. The Bertz CT molecular complexity index is 880. The van der Waals surface area contributed by atoms with E-state index in [1.54, 1.807) is 22.7 Å². The van der Waals surface area contributed by atoms with Gasteiger partial charge in [-0.15, -0.1) is 0 Å². The average molecular weight is 352 g/mol. The summed E-state index contributed by atoms with van der Waals surface area (Å²) in [4.78, 5) is 0. The predicted octanol–water partition coefficient (Wildman–Crippen LogP) is 5.14. The van der Waals surface area contributed by atoms with Crippen molar-refractivity contribution in [1.82, 2.24) is 0 Å². The van der Waals surface area contributed by atoms with Gasteiger partial charge in [0.25, 0.3) is 0 Å². The van der Waals surface area contributed by atoms with Gasteiger partial charge < -0.3 is 10.5 Å². The molecule has 2 aromatic rings. The summed E-state index contributed by atoms with van der Waals surface area (Å²) >= 11 is 3.32. The van der Waals surface area contributed by atoms with Gasteiger partial charge in [-0.05, 0) is 81.3 Å². The number of nitrogens with two attached hydrogens (primary N) is 1. The van der Waals surface area contributed by atoms with E-state index >= 15 is 0 Å². The minimum Gasteiger partial charge on any atom is -0.440 e. The van der Waals surface area contributed by atoms with E-state index < -0.39 is 0 Å². The largest absolute Gasteiger partial charge is 0.440 e. The van der Waals surface area contributed by atoms with Gasteiger partial charge in [0.05, 0.1) is 5.92 Å². The normalized spacial score (nSPS) is 22.3. The summed E-state index contributed by atoms with van der Waals surface area (Å²) in [5.41, 5.74) is 11.3. The molecule has 120 valence electrons. The highest BCUT2D eigenvalue weighted by Gasteiger charge is 2.35. The molecule has 0 aromatic carbocycles. The third kappa shape index (κ3) is 2.58. The molecular weight excluding hydrogens is 336 g/mol. The van der Waals surface area contributed by atoms with Crippen LogP contribution in [0.3, 0.4) is 0 Å². The number of thiophene rings is 2. The first-order chi connectivity index (χ1) is 11.8. The van der Waals surface area contributed by atoms with Crippen LogP contribution in [0.5, 0.6) is 0 Å². The second-order valence-electron chi connectivity index (χ2n) is 5.92. The van der Waals surface area contributed by atoms with E-state index in [1.807, 2.05) is 5.38 Å². The lowest BCUT2D eigenvalue weighted by Gasteiger charge is -2.32. The number of allylic oxidation sites excluding steroid dienone is 3. The monoisotopic (exact) mass is 352 g/mol. The molecule has 2 N–H and O–H groups in total. The maximum absolute atomic E-state index is 9.59. The Balaban J connectivity index is 1.84. The Morgan fingerprint density at radius 2 is 2.04 bits per heavy atom. The van der Waals surface area contributed by atoms with Crippen molar-refractivity contribution in [3.8, 4) is 6.07 Å². The Hall–Kier alpha value is -2.29. The van der Waals surface area contributed by atoms with Crippen LogP contribution in [0, 0.1) is 11.3 Å². The summed E-state index contributed by atoms with van der Waals surface area (Å²) in [7, 11) is 0. The number of nitrogens with zero attached hydrogens (tertiary/aromatic N) is 1. The molecule has 1 aliphatic heterocycles. The summed E-state index contributed by atoms with van der Waals surface area (Å²) in [5, 5.41) is 17.9. The van der Waals surface area contributed by atoms with Gasteiger partial charge in [0, 0.05) is 0 Å². The number of rotatable bonds is 2. The standard InChI is InChI=1S/C19H16N2OS2/c20-9-16-17(14-5-7-24-11-14)15-3-1-2-13(18(15)22-19(16)21)8-12-4-6-23-10-12/h4-8,10-11,17H,1-3,21H2/b13-8-/t17-/m0/s1. The fourth-order valence-corrected chi connectivity index (χ4v) is 4.72. The summed E-state index contributed by atoms with van der Waals surface area (Å²) in [6.07, 6.45) is 5.16. The maximum atomic E-state index is 9.59. The molecule has 1 atom stereocenters. The zero-order chi connectivity index (χ0) is 16.5. The van der Waals surface area contributed by atoms with Crippen molar-refractivity contribution in [2.45, 2.75) is 25.2 Å². The molecule has 0 radical (unpaired) electrons. The van der Waals surface area contributed by atoms with Crippen LogP contribution in [0.1, 0.15) is 36.3 Å². The van der Waals surface area contributed by atoms with E-state index in [1.165, 1.54) is 16.7 Å². The zero-order valence-corrected chi connectivity index (χ0v) is 14.6. The minimum absolute atomic E-state index is 0.0730. The second-order valence-corrected chi connectivity index (χ2v) is 7.48. The molecule has 0 saturated heterocycles. The van der Waals surface area contributed by atoms with Crippen LogP contribution >= 0.6 is 22.7 Å². The first kappa shape index (κ1) is 15.3. The topological polar surface area (TPSA) is 59.0 Å². The molecule has 5 heteroatoms. The summed E-state index contributed by atoms with van der Waals surface area (Å²) in [5.74, 6) is 1.04. The number of hydrogen-bond acceptors (Lipinski definition) is 5. The lowest BCUT2D eigenvalue weighted by atomic mass is 9.77. The highest BCUT2D eigenvalue weighted by atomic mass is 32.1. The molecule has 0 bridgehead atoms. The van der Waals surface area contributed by atoms with E-state index in [-0.39, 0.29) is 11.8 Å². The summed E-state index contributed by atoms with van der Waals surface area (Å²) < 4.78 is 5.94. The molecule has 0 saturated carbocycles. The highest BCUT2D eigenvalue weighted by molar-refractivity contribution is 7.08. The average Bonchev–Trinajstić information content (AvgIpc) is 3.28. The molecule has 0 amide bonds. The van der Waals surface area contributed by atoms with Crippen LogP contribution in [0.4, 0.5) is 0 Å². The Morgan fingerprint density at radius 3 is 2.75 bits per heavy atom. The van der Waals surface area contributed by atoms with E-state index in [4.69, 9.17) is 10.5 Å². The van der Waals surface area contributed by atoms with Gasteiger partial charge >= 0.3 is 0 Å². The van der Waals surface area contributed by atoms with Crippen molar-refractivity contribution in [1.29, 1.82) is 5.26 Å². The molecule has 4 rings (SSSR count). The van der Waals surface area contributed by atoms with Crippen molar-refractivity contribution in [3.05, 3.63) is 73.1 Å². The van der Waals surface area contributed by atoms with E-state index in [9.17, 15) is 5.26 Å². The van der Waals surface area contributed by atoms with Gasteiger partial charge in [-0.25, -0.2) is 0 Å². The van der Waals surface area contributed by atoms with Gasteiger partial charge in [0.15, 0.2) is 0 Å². The van der Waals surface area contributed by atoms with E-state index in [0.717, 1.165) is 30.6 Å². The minimum atomic E-state index is -0.0730. The van der Waals surface area contributed by atoms with Crippen LogP contribution in [-0.4, -0.2) is 0 Å². The first-order valence-electron chi connectivity index (χ1n) is 7.84. The van der Waals surface area contributed by atoms with Crippen LogP contribution in [0.25, 0.3) is 6.08 Å². The fourth-order valence-electron chi connectivity index (χ4n) is 3.41. The van der Waals surface area contributed by atoms with Crippen molar-refractivity contribution in [2.24, 2.45) is 5.73 Å². The molecule has 0 spiro atoms. The third-order valence-corrected chi connectivity index (χ3v) is 5.87. The number of ether oxygens (including phenoxy) is 1. The second kappa shape index (κ2) is 6.31. The molecule has 2 aliphatic rings. The van der Waals surface area contributed by atoms with Crippen molar-refractivity contribution < 1.29 is 4.74 Å². The van der Waals surface area contributed by atoms with E-state index in [2.05, 4.69) is 40.4 Å². The molecule has 24 heavy (non-hydrogen) atoms. The molecule has 2 aromatic heterocycles. The van der Waals surface area contributed by atoms with Gasteiger partial charge in [-0.1, -0.05) is 0 Å². The predicted molar refractivity (Wildman–Crippen MR) is 98.1 cm³/mol. The molecule has 3 heterocycles. The van der Waals surface area contributed by atoms with Crippen LogP contribution in [0.15, 0.2) is 62.0 Å². The maximum Gasteiger partial charge on any atom is 0.205 e. The highest BCUT2D eigenvalue weighted by Crippen LogP contribution is 2.47. The molecule has 3 nitrogen and oxygen atoms in total. The van der Waals surface area contributed by atoms with Crippen molar-refractivity contribution in [3.63, 3.8) is 0 Å². The van der Waals surface area contributed by atoms with E-state index in [0.29, 0.717) is 5.57 Å². The van der Waals surface area contributed by atoms with Crippen LogP contribution in [0.2, 0.25) is 0 Å². The Labute approximate surface area is 149 Å².